The van der Waals surface area contributed by atoms with E-state index in [1.807, 2.05) is 36.0 Å². The summed E-state index contributed by atoms with van der Waals surface area (Å²) in [6.45, 7) is 4.42. The number of benzene rings is 2. The molecule has 12 heteroatoms. The van der Waals surface area contributed by atoms with Gasteiger partial charge in [-0.15, -0.1) is 0 Å². The number of hydrogen-bond donors (Lipinski definition) is 4. The lowest BCUT2D eigenvalue weighted by molar-refractivity contribution is -0.139. The van der Waals surface area contributed by atoms with Crippen LogP contribution in [0.5, 0.6) is 0 Å². The van der Waals surface area contributed by atoms with E-state index in [1.165, 1.54) is 7.11 Å². The molecule has 49 heavy (non-hydrogen) atoms. The predicted molar refractivity (Wildman–Crippen MR) is 185 cm³/mol. The Kier molecular flexibility index (Phi) is 8.98. The first-order chi connectivity index (χ1) is 23.7. The van der Waals surface area contributed by atoms with Crippen LogP contribution in [0.1, 0.15) is 76.1 Å². The van der Waals surface area contributed by atoms with Crippen LogP contribution in [0.25, 0.3) is 33.6 Å². The number of aromatic amines is 2. The largest absolute Gasteiger partial charge is 0.453 e. The van der Waals surface area contributed by atoms with Gasteiger partial charge in [-0.3, -0.25) is 9.59 Å². The van der Waals surface area contributed by atoms with Crippen LogP contribution in [-0.4, -0.2) is 79.4 Å². The second kappa shape index (κ2) is 13.5. The number of alkyl carbamates (subject to hydrolysis) is 1. The van der Waals surface area contributed by atoms with E-state index in [1.54, 1.807) is 0 Å². The number of nitrogens with two attached hydrogens (primary N) is 1. The molecule has 3 amide bonds. The van der Waals surface area contributed by atoms with Crippen LogP contribution < -0.4 is 11.1 Å². The first kappa shape index (κ1) is 32.6. The van der Waals surface area contributed by atoms with Crippen molar-refractivity contribution in [2.75, 3.05) is 13.7 Å². The van der Waals surface area contributed by atoms with Crippen LogP contribution in [0.4, 0.5) is 4.79 Å². The summed E-state index contributed by atoms with van der Waals surface area (Å²) in [4.78, 5) is 58.3. The molecule has 5 atom stereocenters. The molecule has 3 fully saturated rings. The second-order valence-corrected chi connectivity index (χ2v) is 13.7. The molecule has 3 saturated heterocycles. The maximum absolute atomic E-state index is 13.5. The fraction of sp³-hybridized carbons (Fsp3) is 0.432. The highest BCUT2D eigenvalue weighted by Gasteiger charge is 2.44. The van der Waals surface area contributed by atoms with Crippen LogP contribution in [0.3, 0.4) is 0 Å². The van der Waals surface area contributed by atoms with Crippen LogP contribution in [-0.2, 0) is 14.3 Å². The van der Waals surface area contributed by atoms with Gasteiger partial charge in [-0.25, -0.2) is 14.8 Å². The first-order valence-electron chi connectivity index (χ1n) is 17.3. The second-order valence-electron chi connectivity index (χ2n) is 13.7. The smallest absolute Gasteiger partial charge is 0.407 e. The molecule has 0 radical (unpaired) electrons. The fourth-order valence-corrected chi connectivity index (χ4v) is 7.64. The topological polar surface area (TPSA) is 162 Å². The van der Waals surface area contributed by atoms with Gasteiger partial charge in [0.2, 0.25) is 11.8 Å². The Morgan fingerprint density at radius 3 is 1.96 bits per heavy atom. The zero-order valence-corrected chi connectivity index (χ0v) is 28.2. The number of nitrogens with zero attached hydrogens (tertiary/aromatic N) is 4. The monoisotopic (exact) mass is 664 g/mol. The molecule has 4 aromatic rings. The van der Waals surface area contributed by atoms with Gasteiger partial charge in [0.15, 0.2) is 0 Å². The average Bonchev–Trinajstić information content (AvgIpc) is 3.94. The third-order valence-corrected chi connectivity index (χ3v) is 10.4. The van der Waals surface area contributed by atoms with Gasteiger partial charge < -0.3 is 35.6 Å². The standard InChI is InChI=1S/C37H44N8O4/c1-21(2)32(43-37(48)49-3)36(47)44-18-4-5-30(44)33-39-19-28(41-33)24-10-6-22(7-11-24)23-8-12-25(13-9-23)29-20-40-34(42-29)31-17-15-26-14-16-27(38)35(46)45(26)31/h6-13,19-21,26-27,30-32H,4-5,14-18,38H2,1-3H3,(H,39,41)(H,40,42)(H,43,48). The summed E-state index contributed by atoms with van der Waals surface area (Å²) in [5.74, 6) is 1.38. The van der Waals surface area contributed by atoms with E-state index < -0.39 is 18.2 Å². The predicted octanol–water partition coefficient (Wildman–Crippen LogP) is 5.33. The highest BCUT2D eigenvalue weighted by atomic mass is 16.5. The third-order valence-electron chi connectivity index (χ3n) is 10.4. The normalized spacial score (nSPS) is 22.8. The van der Waals surface area contributed by atoms with E-state index in [-0.39, 0.29) is 35.9 Å². The molecule has 2 aromatic heterocycles. The highest BCUT2D eigenvalue weighted by Crippen LogP contribution is 2.40. The summed E-state index contributed by atoms with van der Waals surface area (Å²) in [6.07, 6.45) is 8.32. The number of imidazole rings is 2. The number of piperidine rings is 1. The van der Waals surface area contributed by atoms with E-state index in [0.29, 0.717) is 6.54 Å². The summed E-state index contributed by atoms with van der Waals surface area (Å²) in [6, 6.07) is 15.6. The Morgan fingerprint density at radius 1 is 0.837 bits per heavy atom. The lowest BCUT2D eigenvalue weighted by Crippen LogP contribution is -2.51. The Morgan fingerprint density at radius 2 is 1.39 bits per heavy atom. The number of hydrogen-bond acceptors (Lipinski definition) is 7. The van der Waals surface area contributed by atoms with Crippen molar-refractivity contribution in [3.8, 4) is 33.6 Å². The van der Waals surface area contributed by atoms with Crippen LogP contribution >= 0.6 is 0 Å². The number of aromatic nitrogens is 4. The van der Waals surface area contributed by atoms with Crippen molar-refractivity contribution in [3.63, 3.8) is 0 Å². The molecule has 3 aliphatic rings. The van der Waals surface area contributed by atoms with E-state index in [4.69, 9.17) is 10.5 Å². The molecule has 0 saturated carbocycles. The fourth-order valence-electron chi connectivity index (χ4n) is 7.64. The summed E-state index contributed by atoms with van der Waals surface area (Å²) in [5, 5.41) is 2.70. The number of rotatable bonds is 8. The van der Waals surface area contributed by atoms with Gasteiger partial charge in [0.25, 0.3) is 0 Å². The summed E-state index contributed by atoms with van der Waals surface area (Å²) in [7, 11) is 1.29. The minimum absolute atomic E-state index is 0.0404. The lowest BCUT2D eigenvalue weighted by Gasteiger charge is -2.36. The Balaban J connectivity index is 1.01. The van der Waals surface area contributed by atoms with Gasteiger partial charge in [0, 0.05) is 12.6 Å². The number of carbonyl (C=O) groups is 3. The van der Waals surface area contributed by atoms with E-state index in [9.17, 15) is 14.4 Å². The molecular weight excluding hydrogens is 620 g/mol. The Labute approximate surface area is 285 Å². The van der Waals surface area contributed by atoms with E-state index in [2.05, 4.69) is 73.8 Å². The first-order valence-corrected chi connectivity index (χ1v) is 17.3. The summed E-state index contributed by atoms with van der Waals surface area (Å²) in [5.41, 5.74) is 12.1. The van der Waals surface area contributed by atoms with Gasteiger partial charge in [-0.1, -0.05) is 62.4 Å². The molecule has 5 unspecified atom stereocenters. The van der Waals surface area contributed by atoms with Gasteiger partial charge in [-0.2, -0.15) is 0 Å². The maximum Gasteiger partial charge on any atom is 0.407 e. The van der Waals surface area contributed by atoms with Crippen molar-refractivity contribution in [1.82, 2.24) is 35.1 Å². The molecule has 12 nitrogen and oxygen atoms in total. The van der Waals surface area contributed by atoms with Crippen LogP contribution in [0, 0.1) is 5.92 Å². The Hall–Kier alpha value is -4.97. The number of amides is 3. The molecule has 256 valence electrons. The van der Waals surface area contributed by atoms with E-state index in [0.717, 1.165) is 83.8 Å². The van der Waals surface area contributed by atoms with Gasteiger partial charge in [0.05, 0.1) is 49.0 Å². The average molecular weight is 665 g/mol. The number of ether oxygens (including phenoxy) is 1. The highest BCUT2D eigenvalue weighted by molar-refractivity contribution is 5.86. The number of methoxy groups -OCH3 is 1. The summed E-state index contributed by atoms with van der Waals surface area (Å²) >= 11 is 0. The van der Waals surface area contributed by atoms with E-state index >= 15 is 0 Å². The van der Waals surface area contributed by atoms with Crippen LogP contribution in [0.2, 0.25) is 0 Å². The van der Waals surface area contributed by atoms with Crippen molar-refractivity contribution >= 4 is 17.9 Å². The summed E-state index contributed by atoms with van der Waals surface area (Å²) < 4.78 is 4.75. The molecular formula is C37H44N8O4. The van der Waals surface area contributed by atoms with Crippen molar-refractivity contribution < 1.29 is 19.1 Å². The zero-order chi connectivity index (χ0) is 34.2. The SMILES string of the molecule is COC(=O)NC(C(=O)N1CCCC1c1ncc(-c2ccc(-c3ccc(-c4cnc(C5CCC6CCC(N)C(=O)N65)[nH]4)cc3)cc2)[nH]1)C(C)C. The molecule has 2 aromatic carbocycles. The van der Waals surface area contributed by atoms with Gasteiger partial charge >= 0.3 is 6.09 Å². The van der Waals surface area contributed by atoms with Gasteiger partial charge in [0.1, 0.15) is 17.7 Å². The quantitative estimate of drug-likeness (QED) is 0.198. The number of fused-ring (bicyclic) bond motifs is 1. The number of nitrogens with one attached hydrogen (secondary N) is 3. The molecule has 0 bridgehead atoms. The Bertz CT molecular complexity index is 1810. The molecule has 0 aliphatic carbocycles. The van der Waals surface area contributed by atoms with Crippen molar-refractivity contribution in [1.29, 1.82) is 0 Å². The van der Waals surface area contributed by atoms with Crippen LogP contribution in [0.15, 0.2) is 60.9 Å². The maximum atomic E-state index is 13.5. The number of carbonyl (C=O) groups excluding carboxylic acids is 3. The van der Waals surface area contributed by atoms with Gasteiger partial charge in [-0.05, 0) is 66.7 Å². The number of H-pyrrole nitrogens is 2. The minimum atomic E-state index is -0.674. The molecule has 5 heterocycles. The molecule has 3 aliphatic heterocycles. The lowest BCUT2D eigenvalue weighted by atomic mass is 9.99. The number of likely N-dealkylation sites (tertiary alicyclic amines) is 1. The molecule has 7 rings (SSSR count). The minimum Gasteiger partial charge on any atom is -0.453 e. The van der Waals surface area contributed by atoms with Crippen molar-refractivity contribution in [2.45, 2.75) is 82.6 Å². The zero-order valence-electron chi connectivity index (χ0n) is 28.2. The van der Waals surface area contributed by atoms with Crippen molar-refractivity contribution in [2.24, 2.45) is 11.7 Å². The molecule has 5 N–H and O–H groups in total. The van der Waals surface area contributed by atoms with Crippen molar-refractivity contribution in [3.05, 3.63) is 72.6 Å². The third kappa shape index (κ3) is 6.32. The molecule has 0 spiro atoms.